The van der Waals surface area contributed by atoms with Crippen LogP contribution in [0.5, 0.6) is 0 Å². The molecule has 3 aromatic rings. The minimum Gasteiger partial charge on any atom is -0.398 e. The highest BCUT2D eigenvalue weighted by molar-refractivity contribution is 7.17. The molecule has 78 valence electrons. The average molecular weight is 227 g/mol. The monoisotopic (exact) mass is 227 g/mol. The van der Waals surface area contributed by atoms with Gasteiger partial charge in [0.1, 0.15) is 4.83 Å². The van der Waals surface area contributed by atoms with Crippen LogP contribution in [0.25, 0.3) is 21.3 Å². The van der Waals surface area contributed by atoms with Crippen LogP contribution >= 0.6 is 11.3 Å². The first-order chi connectivity index (χ1) is 7.84. The highest BCUT2D eigenvalue weighted by atomic mass is 32.1. The lowest BCUT2D eigenvalue weighted by Gasteiger charge is -2.00. The Kier molecular flexibility index (Phi) is 2.08. The van der Waals surface area contributed by atoms with Crippen LogP contribution in [0.15, 0.2) is 42.2 Å². The Morgan fingerprint density at radius 3 is 2.75 bits per heavy atom. The molecule has 0 aliphatic carbocycles. The van der Waals surface area contributed by atoms with Crippen molar-refractivity contribution in [1.82, 2.24) is 9.97 Å². The van der Waals surface area contributed by atoms with Gasteiger partial charge < -0.3 is 5.73 Å². The van der Waals surface area contributed by atoms with Crippen molar-refractivity contribution < 1.29 is 0 Å². The van der Waals surface area contributed by atoms with Crippen molar-refractivity contribution in [2.45, 2.75) is 0 Å². The summed E-state index contributed by atoms with van der Waals surface area (Å²) in [5.74, 6) is 0. The third-order valence-corrected chi connectivity index (χ3v) is 3.39. The topological polar surface area (TPSA) is 51.8 Å². The minimum atomic E-state index is 0.795. The first-order valence-electron chi connectivity index (χ1n) is 4.88. The molecule has 3 nitrogen and oxygen atoms in total. The zero-order chi connectivity index (χ0) is 11.0. The number of hydrogen-bond donors (Lipinski definition) is 1. The summed E-state index contributed by atoms with van der Waals surface area (Å²) in [5.41, 5.74) is 8.85. The van der Waals surface area contributed by atoms with Gasteiger partial charge in [-0.1, -0.05) is 0 Å². The summed E-state index contributed by atoms with van der Waals surface area (Å²) >= 11 is 1.57. The molecular weight excluding hydrogens is 218 g/mol. The van der Waals surface area contributed by atoms with Gasteiger partial charge in [0.2, 0.25) is 0 Å². The molecule has 0 unspecified atom stereocenters. The van der Waals surface area contributed by atoms with Crippen LogP contribution in [0.4, 0.5) is 5.69 Å². The van der Waals surface area contributed by atoms with Crippen molar-refractivity contribution in [1.29, 1.82) is 0 Å². The molecule has 0 saturated heterocycles. The second kappa shape index (κ2) is 3.57. The van der Waals surface area contributed by atoms with Crippen molar-refractivity contribution in [3.63, 3.8) is 0 Å². The van der Waals surface area contributed by atoms with Crippen LogP contribution in [-0.2, 0) is 0 Å². The normalized spacial score (nSPS) is 10.8. The van der Waals surface area contributed by atoms with Crippen molar-refractivity contribution in [3.8, 4) is 11.1 Å². The number of aromatic nitrogens is 2. The van der Waals surface area contributed by atoms with E-state index < -0.39 is 0 Å². The van der Waals surface area contributed by atoms with Crippen LogP contribution < -0.4 is 5.73 Å². The van der Waals surface area contributed by atoms with E-state index in [1.165, 1.54) is 0 Å². The number of anilines is 1. The Hall–Kier alpha value is -1.94. The molecule has 3 aromatic heterocycles. The van der Waals surface area contributed by atoms with Gasteiger partial charge in [0.05, 0.1) is 5.69 Å². The number of rotatable bonds is 1. The summed E-state index contributed by atoms with van der Waals surface area (Å²) in [6.07, 6.45) is 5.42. The van der Waals surface area contributed by atoms with Gasteiger partial charge in [0.15, 0.2) is 0 Å². The van der Waals surface area contributed by atoms with Crippen molar-refractivity contribution in [3.05, 3.63) is 42.2 Å². The molecule has 0 bridgehead atoms. The molecule has 4 heteroatoms. The first-order valence-corrected chi connectivity index (χ1v) is 5.76. The van der Waals surface area contributed by atoms with Gasteiger partial charge >= 0.3 is 0 Å². The summed E-state index contributed by atoms with van der Waals surface area (Å²) in [7, 11) is 0. The maximum absolute atomic E-state index is 5.88. The van der Waals surface area contributed by atoms with Crippen LogP contribution in [0.3, 0.4) is 0 Å². The molecular formula is C12H9N3S. The predicted molar refractivity (Wildman–Crippen MR) is 67.3 cm³/mol. The zero-order valence-corrected chi connectivity index (χ0v) is 9.24. The Bertz CT molecular complexity index is 631. The molecule has 0 saturated carbocycles. The van der Waals surface area contributed by atoms with E-state index in [4.69, 9.17) is 5.73 Å². The molecule has 0 amide bonds. The molecule has 3 rings (SSSR count). The average Bonchev–Trinajstić information content (AvgIpc) is 2.72. The second-order valence-electron chi connectivity index (χ2n) is 3.50. The number of nitrogens with two attached hydrogens (primary N) is 1. The molecule has 0 aromatic carbocycles. The largest absolute Gasteiger partial charge is 0.398 e. The lowest BCUT2D eigenvalue weighted by atomic mass is 10.1. The lowest BCUT2D eigenvalue weighted by Crippen LogP contribution is -1.84. The molecule has 16 heavy (non-hydrogen) atoms. The van der Waals surface area contributed by atoms with Gasteiger partial charge in [-0.2, -0.15) is 0 Å². The minimum absolute atomic E-state index is 0.795. The Labute approximate surface area is 96.6 Å². The number of hydrogen-bond acceptors (Lipinski definition) is 4. The third kappa shape index (κ3) is 1.44. The number of nitrogens with zero attached hydrogens (tertiary/aromatic N) is 2. The summed E-state index contributed by atoms with van der Waals surface area (Å²) in [6, 6.07) is 6.00. The van der Waals surface area contributed by atoms with E-state index in [1.807, 2.05) is 23.7 Å². The molecule has 0 fully saturated rings. The summed E-state index contributed by atoms with van der Waals surface area (Å²) < 4.78 is 0. The fourth-order valence-corrected chi connectivity index (χ4v) is 2.42. The van der Waals surface area contributed by atoms with Crippen LogP contribution in [-0.4, -0.2) is 9.97 Å². The highest BCUT2D eigenvalue weighted by Gasteiger charge is 2.04. The quantitative estimate of drug-likeness (QED) is 0.695. The van der Waals surface area contributed by atoms with E-state index in [1.54, 1.807) is 23.7 Å². The molecule has 0 atom stereocenters. The van der Waals surface area contributed by atoms with Crippen molar-refractivity contribution in [2.24, 2.45) is 0 Å². The summed E-state index contributed by atoms with van der Waals surface area (Å²) in [5, 5.41) is 2.95. The second-order valence-corrected chi connectivity index (χ2v) is 4.36. The third-order valence-electron chi connectivity index (χ3n) is 2.47. The Morgan fingerprint density at radius 1 is 1.12 bits per heavy atom. The number of fused-ring (bicyclic) bond motifs is 1. The molecule has 0 aliphatic heterocycles. The number of thiophene rings is 1. The van der Waals surface area contributed by atoms with E-state index in [0.717, 1.165) is 27.0 Å². The number of pyridine rings is 2. The van der Waals surface area contributed by atoms with E-state index in [9.17, 15) is 0 Å². The maximum Gasteiger partial charge on any atom is 0.125 e. The van der Waals surface area contributed by atoms with Gasteiger partial charge in [-0.05, 0) is 23.8 Å². The fourth-order valence-electron chi connectivity index (χ4n) is 1.64. The molecule has 3 heterocycles. The Balaban J connectivity index is 2.22. The standard InChI is InChI=1S/C12H9N3S/c13-11-7-16-12-10(11)5-9(6-15-12)8-1-3-14-4-2-8/h1-7H,13H2. The van der Waals surface area contributed by atoms with Gasteiger partial charge in [0.25, 0.3) is 0 Å². The van der Waals surface area contributed by atoms with E-state index in [-0.39, 0.29) is 0 Å². The zero-order valence-electron chi connectivity index (χ0n) is 8.42. The predicted octanol–water partition coefficient (Wildman–Crippen LogP) is 2.94. The smallest absolute Gasteiger partial charge is 0.125 e. The van der Waals surface area contributed by atoms with Gasteiger partial charge in [-0.25, -0.2) is 4.98 Å². The van der Waals surface area contributed by atoms with E-state index in [0.29, 0.717) is 0 Å². The summed E-state index contributed by atoms with van der Waals surface area (Å²) in [4.78, 5) is 9.38. The van der Waals surface area contributed by atoms with Gasteiger partial charge in [-0.3, -0.25) is 4.98 Å². The van der Waals surface area contributed by atoms with Crippen LogP contribution in [0, 0.1) is 0 Å². The Morgan fingerprint density at radius 2 is 1.94 bits per heavy atom. The fraction of sp³-hybridized carbons (Fsp3) is 0. The van der Waals surface area contributed by atoms with Crippen molar-refractivity contribution in [2.75, 3.05) is 5.73 Å². The highest BCUT2D eigenvalue weighted by Crippen LogP contribution is 2.29. The maximum atomic E-state index is 5.88. The van der Waals surface area contributed by atoms with Gasteiger partial charge in [0, 0.05) is 34.9 Å². The molecule has 0 radical (unpaired) electrons. The van der Waals surface area contributed by atoms with E-state index >= 15 is 0 Å². The number of nitrogen functional groups attached to an aromatic ring is 1. The first kappa shape index (κ1) is 9.30. The van der Waals surface area contributed by atoms with Crippen molar-refractivity contribution >= 4 is 27.2 Å². The summed E-state index contributed by atoms with van der Waals surface area (Å²) in [6.45, 7) is 0. The van der Waals surface area contributed by atoms with Crippen LogP contribution in [0.2, 0.25) is 0 Å². The lowest BCUT2D eigenvalue weighted by molar-refractivity contribution is 1.33. The van der Waals surface area contributed by atoms with Crippen LogP contribution in [0.1, 0.15) is 0 Å². The molecule has 2 N–H and O–H groups in total. The molecule has 0 spiro atoms. The molecule has 0 aliphatic rings. The van der Waals surface area contributed by atoms with E-state index in [2.05, 4.69) is 16.0 Å². The SMILES string of the molecule is Nc1csc2ncc(-c3ccncc3)cc12. The van der Waals surface area contributed by atoms with Gasteiger partial charge in [-0.15, -0.1) is 11.3 Å².